The zero-order chi connectivity index (χ0) is 12.0. The van der Waals surface area contributed by atoms with Crippen molar-refractivity contribution in [3.05, 3.63) is 0 Å². The highest BCUT2D eigenvalue weighted by molar-refractivity contribution is 7.99. The van der Waals surface area contributed by atoms with Gasteiger partial charge in [0.2, 0.25) is 5.91 Å². The minimum Gasteiger partial charge on any atom is -0.409 e. The average molecular weight is 245 g/mol. The van der Waals surface area contributed by atoms with E-state index in [0.717, 1.165) is 25.7 Å². The molecule has 0 bridgehead atoms. The Morgan fingerprint density at radius 2 is 2.19 bits per heavy atom. The lowest BCUT2D eigenvalue weighted by atomic mass is 10.2. The maximum absolute atomic E-state index is 11.9. The van der Waals surface area contributed by atoms with Gasteiger partial charge in [-0.05, 0) is 19.1 Å². The van der Waals surface area contributed by atoms with Crippen LogP contribution in [0.3, 0.4) is 0 Å². The van der Waals surface area contributed by atoms with Gasteiger partial charge in [-0.3, -0.25) is 4.79 Å². The molecule has 0 radical (unpaired) electrons. The third-order valence-electron chi connectivity index (χ3n) is 2.81. The molecule has 0 unspecified atom stereocenters. The Bertz CT molecular complexity index is 265. The monoisotopic (exact) mass is 245 g/mol. The second-order valence-electron chi connectivity index (χ2n) is 3.98. The van der Waals surface area contributed by atoms with Crippen LogP contribution in [0.5, 0.6) is 0 Å². The van der Waals surface area contributed by atoms with Crippen molar-refractivity contribution in [2.45, 2.75) is 31.7 Å². The van der Waals surface area contributed by atoms with Crippen molar-refractivity contribution >= 4 is 23.5 Å². The van der Waals surface area contributed by atoms with E-state index in [2.05, 4.69) is 5.16 Å². The van der Waals surface area contributed by atoms with Crippen molar-refractivity contribution in [3.63, 3.8) is 0 Å². The predicted molar refractivity (Wildman–Crippen MR) is 65.8 cm³/mol. The molecule has 92 valence electrons. The number of amides is 1. The Hall–Kier alpha value is -0.910. The maximum Gasteiger partial charge on any atom is 0.233 e. The Morgan fingerprint density at radius 1 is 1.56 bits per heavy atom. The van der Waals surface area contributed by atoms with E-state index < -0.39 is 0 Å². The molecule has 0 atom stereocenters. The summed E-state index contributed by atoms with van der Waals surface area (Å²) in [7, 11) is 0. The molecular weight excluding hydrogens is 226 g/mol. The highest BCUT2D eigenvalue weighted by Crippen LogP contribution is 2.23. The van der Waals surface area contributed by atoms with Gasteiger partial charge in [-0.15, -0.1) is 0 Å². The zero-order valence-electron chi connectivity index (χ0n) is 9.56. The fourth-order valence-electron chi connectivity index (χ4n) is 2.05. The number of carbonyl (C=O) groups is 1. The fraction of sp³-hybridized carbons (Fsp3) is 0.800. The molecule has 5 nitrogen and oxygen atoms in total. The number of rotatable bonds is 5. The van der Waals surface area contributed by atoms with E-state index in [1.165, 1.54) is 11.8 Å². The first-order chi connectivity index (χ1) is 7.69. The van der Waals surface area contributed by atoms with Crippen LogP contribution in [0.15, 0.2) is 5.16 Å². The molecule has 3 N–H and O–H groups in total. The fourth-order valence-corrected chi connectivity index (χ4v) is 2.46. The van der Waals surface area contributed by atoms with Gasteiger partial charge in [0.25, 0.3) is 0 Å². The molecular formula is C10H19N3O2S. The summed E-state index contributed by atoms with van der Waals surface area (Å²) in [6.07, 6.45) is 6.26. The molecule has 0 saturated heterocycles. The SMILES string of the molecule is CSCC(=O)N(CC(N)=NO)C1CCCC1. The standard InChI is InChI=1S/C10H19N3O2S/c1-16-7-10(14)13(6-9(11)12-15)8-4-2-3-5-8/h8,15H,2-7H2,1H3,(H2,11,12). The van der Waals surface area contributed by atoms with E-state index in [1.807, 2.05) is 6.26 Å². The summed E-state index contributed by atoms with van der Waals surface area (Å²) in [5.74, 6) is 0.627. The normalized spacial score (nSPS) is 17.7. The second kappa shape index (κ2) is 6.62. The molecule has 0 aliphatic heterocycles. The number of hydrogen-bond acceptors (Lipinski definition) is 4. The van der Waals surface area contributed by atoms with Crippen LogP contribution in [0.2, 0.25) is 0 Å². The summed E-state index contributed by atoms with van der Waals surface area (Å²) in [5, 5.41) is 11.5. The molecule has 1 aliphatic carbocycles. The number of oxime groups is 1. The lowest BCUT2D eigenvalue weighted by molar-refractivity contribution is -0.129. The first-order valence-electron chi connectivity index (χ1n) is 5.43. The van der Waals surface area contributed by atoms with Crippen LogP contribution in [-0.4, -0.2) is 46.4 Å². The Balaban J connectivity index is 2.63. The molecule has 1 aliphatic rings. The Labute approximate surface area is 100 Å². The van der Waals surface area contributed by atoms with E-state index in [1.54, 1.807) is 4.90 Å². The third kappa shape index (κ3) is 3.59. The molecule has 16 heavy (non-hydrogen) atoms. The van der Waals surface area contributed by atoms with Crippen LogP contribution < -0.4 is 5.73 Å². The Kier molecular flexibility index (Phi) is 5.45. The van der Waals surface area contributed by atoms with Gasteiger partial charge in [-0.1, -0.05) is 18.0 Å². The van der Waals surface area contributed by atoms with E-state index in [9.17, 15) is 4.79 Å². The largest absolute Gasteiger partial charge is 0.409 e. The molecule has 1 fully saturated rings. The highest BCUT2D eigenvalue weighted by atomic mass is 32.2. The number of carbonyl (C=O) groups excluding carboxylic acids is 1. The van der Waals surface area contributed by atoms with Crippen molar-refractivity contribution in [2.24, 2.45) is 10.9 Å². The smallest absolute Gasteiger partial charge is 0.233 e. The minimum atomic E-state index is 0.0750. The van der Waals surface area contributed by atoms with Crippen molar-refractivity contribution < 1.29 is 10.0 Å². The van der Waals surface area contributed by atoms with Crippen molar-refractivity contribution in [1.82, 2.24) is 4.90 Å². The number of nitrogens with zero attached hydrogens (tertiary/aromatic N) is 2. The highest BCUT2D eigenvalue weighted by Gasteiger charge is 2.26. The van der Waals surface area contributed by atoms with Crippen LogP contribution in [0, 0.1) is 0 Å². The van der Waals surface area contributed by atoms with Gasteiger partial charge >= 0.3 is 0 Å². The molecule has 1 saturated carbocycles. The van der Waals surface area contributed by atoms with Crippen molar-refractivity contribution in [3.8, 4) is 0 Å². The zero-order valence-corrected chi connectivity index (χ0v) is 10.4. The topological polar surface area (TPSA) is 78.9 Å². The molecule has 0 aromatic rings. The van der Waals surface area contributed by atoms with Gasteiger partial charge in [0.05, 0.1) is 12.3 Å². The summed E-state index contributed by atoms with van der Waals surface area (Å²) in [4.78, 5) is 13.6. The van der Waals surface area contributed by atoms with Gasteiger partial charge in [0.1, 0.15) is 0 Å². The van der Waals surface area contributed by atoms with Crippen LogP contribution in [0.4, 0.5) is 0 Å². The second-order valence-corrected chi connectivity index (χ2v) is 4.85. The van der Waals surface area contributed by atoms with Crippen LogP contribution in [0.25, 0.3) is 0 Å². The van der Waals surface area contributed by atoms with Crippen molar-refractivity contribution in [1.29, 1.82) is 0 Å². The van der Waals surface area contributed by atoms with Gasteiger partial charge in [0, 0.05) is 6.04 Å². The lowest BCUT2D eigenvalue weighted by Gasteiger charge is -2.28. The van der Waals surface area contributed by atoms with E-state index in [0.29, 0.717) is 5.75 Å². The number of nitrogens with two attached hydrogens (primary N) is 1. The predicted octanol–water partition coefficient (Wildman–Crippen LogP) is 0.867. The first-order valence-corrected chi connectivity index (χ1v) is 6.83. The van der Waals surface area contributed by atoms with Gasteiger partial charge < -0.3 is 15.8 Å². The average Bonchev–Trinajstić information content (AvgIpc) is 2.78. The van der Waals surface area contributed by atoms with Crippen molar-refractivity contribution in [2.75, 3.05) is 18.6 Å². The van der Waals surface area contributed by atoms with Crippen LogP contribution in [0.1, 0.15) is 25.7 Å². The molecule has 0 aromatic carbocycles. The Morgan fingerprint density at radius 3 is 2.69 bits per heavy atom. The minimum absolute atomic E-state index is 0.0750. The van der Waals surface area contributed by atoms with E-state index in [-0.39, 0.29) is 24.3 Å². The van der Waals surface area contributed by atoms with Gasteiger partial charge in [-0.25, -0.2) is 0 Å². The summed E-state index contributed by atoms with van der Waals surface area (Å²) in [6, 6.07) is 0.264. The quantitative estimate of drug-likeness (QED) is 0.326. The van der Waals surface area contributed by atoms with Crippen LogP contribution in [-0.2, 0) is 4.79 Å². The summed E-state index contributed by atoms with van der Waals surface area (Å²) in [5.41, 5.74) is 5.47. The molecule has 0 aromatic heterocycles. The molecule has 1 rings (SSSR count). The third-order valence-corrected chi connectivity index (χ3v) is 3.35. The first kappa shape index (κ1) is 13.2. The number of hydrogen-bond donors (Lipinski definition) is 2. The maximum atomic E-state index is 11.9. The molecule has 0 heterocycles. The van der Waals surface area contributed by atoms with Gasteiger partial charge in [-0.2, -0.15) is 11.8 Å². The summed E-state index contributed by atoms with van der Waals surface area (Å²) in [6.45, 7) is 0.237. The lowest BCUT2D eigenvalue weighted by Crippen LogP contribution is -2.45. The molecule has 1 amide bonds. The molecule has 6 heteroatoms. The van der Waals surface area contributed by atoms with E-state index in [4.69, 9.17) is 10.9 Å². The number of amidine groups is 1. The van der Waals surface area contributed by atoms with E-state index >= 15 is 0 Å². The number of thioether (sulfide) groups is 1. The molecule has 0 spiro atoms. The summed E-state index contributed by atoms with van der Waals surface area (Å²) < 4.78 is 0. The van der Waals surface area contributed by atoms with Crippen LogP contribution >= 0.6 is 11.8 Å². The summed E-state index contributed by atoms with van der Waals surface area (Å²) >= 11 is 1.50. The van der Waals surface area contributed by atoms with Gasteiger partial charge in [0.15, 0.2) is 5.84 Å².